The maximum absolute atomic E-state index is 12.8. The van der Waals surface area contributed by atoms with Gasteiger partial charge >= 0.3 is 0 Å². The van der Waals surface area contributed by atoms with Crippen LogP contribution in [0.2, 0.25) is 0 Å². The monoisotopic (exact) mass is 427 g/mol. The lowest BCUT2D eigenvalue weighted by atomic mass is 10.1. The van der Waals surface area contributed by atoms with Crippen molar-refractivity contribution >= 4 is 38.3 Å². The van der Waals surface area contributed by atoms with Crippen LogP contribution < -0.4 is 15.4 Å². The molecule has 0 aliphatic heterocycles. The number of anilines is 2. The number of amides is 1. The molecule has 1 aromatic heterocycles. The van der Waals surface area contributed by atoms with Crippen molar-refractivity contribution in [1.29, 1.82) is 0 Å². The van der Waals surface area contributed by atoms with E-state index in [2.05, 4.69) is 25.3 Å². The van der Waals surface area contributed by atoms with E-state index < -0.39 is 15.6 Å². The summed E-state index contributed by atoms with van der Waals surface area (Å²) < 4.78 is 28.1. The summed E-state index contributed by atoms with van der Waals surface area (Å²) >= 11 is 0. The number of aromatic nitrogens is 2. The summed E-state index contributed by atoms with van der Waals surface area (Å²) in [6, 6.07) is 9.92. The number of hydrogen-bond acceptors (Lipinski definition) is 6. The first-order chi connectivity index (χ1) is 14.0. The number of nitrogens with zero attached hydrogens (tertiary/aromatic N) is 2. The van der Waals surface area contributed by atoms with Crippen LogP contribution in [-0.4, -0.2) is 36.9 Å². The van der Waals surface area contributed by atoms with Gasteiger partial charge in [-0.05, 0) is 63.6 Å². The smallest absolute Gasteiger partial charge is 0.255 e. The molecule has 0 atom stereocenters. The summed E-state index contributed by atoms with van der Waals surface area (Å²) in [7, 11) is -1.97. The molecule has 2 aromatic carbocycles. The van der Waals surface area contributed by atoms with Crippen LogP contribution in [0.1, 0.15) is 36.7 Å². The lowest BCUT2D eigenvalue weighted by Crippen LogP contribution is -2.40. The summed E-state index contributed by atoms with van der Waals surface area (Å²) in [5.74, 6) is 0.315. The Kier molecular flexibility index (Phi) is 5.78. The van der Waals surface area contributed by atoms with Crippen molar-refractivity contribution < 1.29 is 13.2 Å². The van der Waals surface area contributed by atoms with Gasteiger partial charge in [-0.25, -0.2) is 23.1 Å². The Balaban J connectivity index is 1.92. The van der Waals surface area contributed by atoms with Gasteiger partial charge in [0, 0.05) is 29.2 Å². The molecule has 3 aromatic rings. The van der Waals surface area contributed by atoms with Gasteiger partial charge in [0.15, 0.2) is 0 Å². The van der Waals surface area contributed by atoms with E-state index in [1.165, 1.54) is 12.4 Å². The Labute approximate surface area is 176 Å². The molecule has 0 radical (unpaired) electrons. The van der Waals surface area contributed by atoms with E-state index >= 15 is 0 Å². The van der Waals surface area contributed by atoms with Gasteiger partial charge in [0.25, 0.3) is 5.91 Å². The Morgan fingerprint density at radius 3 is 2.47 bits per heavy atom. The van der Waals surface area contributed by atoms with Crippen LogP contribution in [0.5, 0.6) is 0 Å². The topological polar surface area (TPSA) is 113 Å². The predicted octanol–water partition coefficient (Wildman–Crippen LogP) is 3.31. The molecule has 3 N–H and O–H groups in total. The summed E-state index contributed by atoms with van der Waals surface area (Å²) in [4.78, 5) is 21.3. The highest BCUT2D eigenvalue weighted by atomic mass is 32.2. The van der Waals surface area contributed by atoms with Crippen LogP contribution in [0.25, 0.3) is 10.9 Å². The molecule has 1 heterocycles. The van der Waals surface area contributed by atoms with Crippen molar-refractivity contribution in [1.82, 2.24) is 14.7 Å². The highest BCUT2D eigenvalue weighted by Gasteiger charge is 2.24. The zero-order valence-corrected chi connectivity index (χ0v) is 18.4. The number of benzene rings is 2. The summed E-state index contributed by atoms with van der Waals surface area (Å²) in [5.41, 5.74) is 1.30. The SMILES string of the molecule is CNc1ncnc2cc(C(=O)Nc3cccc(S(=O)(=O)NC(C)(C)C)c3C)ccc12. The second kappa shape index (κ2) is 8.00. The summed E-state index contributed by atoms with van der Waals surface area (Å²) in [6.45, 7) is 6.98. The van der Waals surface area contributed by atoms with Crippen LogP contribution in [0, 0.1) is 6.92 Å². The third-order valence-corrected chi connectivity index (χ3v) is 6.30. The first-order valence-electron chi connectivity index (χ1n) is 9.39. The molecule has 8 nitrogen and oxygen atoms in total. The average molecular weight is 428 g/mol. The van der Waals surface area contributed by atoms with Gasteiger partial charge in [0.05, 0.1) is 10.4 Å². The number of carbonyl (C=O) groups is 1. The fourth-order valence-corrected chi connectivity index (χ4v) is 4.78. The molecule has 0 bridgehead atoms. The molecule has 0 saturated carbocycles. The van der Waals surface area contributed by atoms with Crippen LogP contribution in [-0.2, 0) is 10.0 Å². The number of nitrogens with one attached hydrogen (secondary N) is 3. The molecule has 0 aliphatic carbocycles. The van der Waals surface area contributed by atoms with Crippen LogP contribution in [0.4, 0.5) is 11.5 Å². The number of fused-ring (bicyclic) bond motifs is 1. The molecular weight excluding hydrogens is 402 g/mol. The van der Waals surface area contributed by atoms with Crippen molar-refractivity contribution in [3.8, 4) is 0 Å². The molecule has 1 amide bonds. The van der Waals surface area contributed by atoms with Gasteiger partial charge < -0.3 is 10.6 Å². The van der Waals surface area contributed by atoms with Crippen LogP contribution in [0.3, 0.4) is 0 Å². The fourth-order valence-electron chi connectivity index (χ4n) is 3.09. The van der Waals surface area contributed by atoms with Gasteiger partial charge in [-0.2, -0.15) is 0 Å². The minimum absolute atomic E-state index is 0.125. The zero-order valence-electron chi connectivity index (χ0n) is 17.6. The first kappa shape index (κ1) is 21.7. The van der Waals surface area contributed by atoms with E-state index in [9.17, 15) is 13.2 Å². The highest BCUT2D eigenvalue weighted by Crippen LogP contribution is 2.25. The Bertz CT molecular complexity index is 1220. The van der Waals surface area contributed by atoms with Crippen molar-refractivity contribution in [2.24, 2.45) is 0 Å². The van der Waals surface area contributed by atoms with Gasteiger partial charge in [0.2, 0.25) is 10.0 Å². The second-order valence-corrected chi connectivity index (χ2v) is 9.59. The van der Waals surface area contributed by atoms with Gasteiger partial charge in [-0.3, -0.25) is 4.79 Å². The molecule has 0 aliphatic rings. The van der Waals surface area contributed by atoms with Crippen molar-refractivity contribution in [2.45, 2.75) is 38.1 Å². The van der Waals surface area contributed by atoms with E-state index in [0.717, 1.165) is 5.39 Å². The Hall–Kier alpha value is -3.04. The normalized spacial score (nSPS) is 12.0. The minimum atomic E-state index is -3.73. The average Bonchev–Trinajstić information content (AvgIpc) is 2.66. The van der Waals surface area contributed by atoms with Crippen molar-refractivity contribution in [2.75, 3.05) is 17.7 Å². The maximum Gasteiger partial charge on any atom is 0.255 e. The van der Waals surface area contributed by atoms with Gasteiger partial charge in [0.1, 0.15) is 12.1 Å². The summed E-state index contributed by atoms with van der Waals surface area (Å²) in [5, 5.41) is 6.59. The fraction of sp³-hybridized carbons (Fsp3) is 0.286. The molecule has 0 unspecified atom stereocenters. The predicted molar refractivity (Wildman–Crippen MR) is 118 cm³/mol. The third kappa shape index (κ3) is 4.58. The van der Waals surface area contributed by atoms with Gasteiger partial charge in [-0.1, -0.05) is 6.07 Å². The number of sulfonamides is 1. The first-order valence-corrected chi connectivity index (χ1v) is 10.9. The van der Waals surface area contributed by atoms with Crippen LogP contribution >= 0.6 is 0 Å². The van der Waals surface area contributed by atoms with Crippen molar-refractivity contribution in [3.05, 3.63) is 53.9 Å². The largest absolute Gasteiger partial charge is 0.373 e. The molecule has 0 spiro atoms. The van der Waals surface area contributed by atoms with E-state index in [4.69, 9.17) is 0 Å². The Morgan fingerprint density at radius 2 is 1.80 bits per heavy atom. The lowest BCUT2D eigenvalue weighted by Gasteiger charge is -2.22. The number of hydrogen-bond donors (Lipinski definition) is 3. The lowest BCUT2D eigenvalue weighted by molar-refractivity contribution is 0.102. The van der Waals surface area contributed by atoms with Crippen molar-refractivity contribution in [3.63, 3.8) is 0 Å². The molecule has 0 fully saturated rings. The van der Waals surface area contributed by atoms with E-state index in [1.807, 2.05) is 0 Å². The standard InChI is InChI=1S/C21H25N5O3S/c1-13-16(7-6-8-18(13)30(28,29)26-21(2,3)4)25-20(27)14-9-10-15-17(11-14)23-12-24-19(15)22-5/h6-12,26H,1-5H3,(H,25,27)(H,22,23,24). The van der Waals surface area contributed by atoms with E-state index in [-0.39, 0.29) is 10.8 Å². The number of rotatable bonds is 5. The zero-order chi connectivity index (χ0) is 22.1. The third-order valence-electron chi connectivity index (χ3n) is 4.40. The summed E-state index contributed by atoms with van der Waals surface area (Å²) in [6.07, 6.45) is 1.43. The van der Waals surface area contributed by atoms with Crippen LogP contribution in [0.15, 0.2) is 47.6 Å². The number of carbonyl (C=O) groups excluding carboxylic acids is 1. The van der Waals surface area contributed by atoms with E-state index in [1.54, 1.807) is 65.1 Å². The highest BCUT2D eigenvalue weighted by molar-refractivity contribution is 7.89. The molecular formula is C21H25N5O3S. The van der Waals surface area contributed by atoms with E-state index in [0.29, 0.717) is 28.1 Å². The second-order valence-electron chi connectivity index (χ2n) is 7.94. The minimum Gasteiger partial charge on any atom is -0.373 e. The molecule has 0 saturated heterocycles. The van der Waals surface area contributed by atoms with Gasteiger partial charge in [-0.15, -0.1) is 0 Å². The molecule has 30 heavy (non-hydrogen) atoms. The molecule has 3 rings (SSSR count). The quantitative estimate of drug-likeness (QED) is 0.576. The maximum atomic E-state index is 12.8. The molecule has 9 heteroatoms. The molecule has 158 valence electrons. The Morgan fingerprint density at radius 1 is 1.07 bits per heavy atom.